The van der Waals surface area contributed by atoms with Gasteiger partial charge in [0, 0.05) is 18.2 Å². The number of allylic oxidation sites excluding steroid dienone is 4. The van der Waals surface area contributed by atoms with Crippen LogP contribution in [0, 0.1) is 5.92 Å². The van der Waals surface area contributed by atoms with Gasteiger partial charge in [-0.15, -0.1) is 0 Å². The zero-order chi connectivity index (χ0) is 26.9. The van der Waals surface area contributed by atoms with Crippen LogP contribution in [0.1, 0.15) is 27.2 Å². The zero-order valence-electron chi connectivity index (χ0n) is 22.1. The second kappa shape index (κ2) is 13.1. The van der Waals surface area contributed by atoms with Crippen LogP contribution in [0.3, 0.4) is 0 Å². The van der Waals surface area contributed by atoms with E-state index in [9.17, 15) is 8.42 Å². The van der Waals surface area contributed by atoms with Crippen LogP contribution >= 0.6 is 0 Å². The zero-order valence-corrected chi connectivity index (χ0v) is 23.0. The molecule has 36 heavy (non-hydrogen) atoms. The smallest absolute Gasteiger partial charge is 0.206 e. The maximum Gasteiger partial charge on any atom is 0.206 e. The molecule has 1 aromatic heterocycles. The molecule has 1 aliphatic carbocycles. The van der Waals surface area contributed by atoms with Crippen molar-refractivity contribution in [2.75, 3.05) is 20.5 Å². The number of benzene rings is 2. The monoisotopic (exact) mass is 511 g/mol. The first-order valence-electron chi connectivity index (χ1n) is 11.6. The number of hydrogen-bond acceptors (Lipinski definition) is 5. The van der Waals surface area contributed by atoms with Crippen molar-refractivity contribution in [3.8, 4) is 34.0 Å². The summed E-state index contributed by atoms with van der Waals surface area (Å²) < 4.78 is 31.1. The molecule has 194 valence electrons. The van der Waals surface area contributed by atoms with Crippen LogP contribution in [0.15, 0.2) is 77.9 Å². The van der Waals surface area contributed by atoms with Crippen molar-refractivity contribution in [3.05, 3.63) is 77.9 Å². The van der Waals surface area contributed by atoms with Gasteiger partial charge in [-0.2, -0.15) is 5.10 Å². The molecular weight excluding hydrogens is 474 g/mol. The molecule has 0 radical (unpaired) electrons. The quantitative estimate of drug-likeness (QED) is 0.492. The molecule has 4 rings (SSSR count). The molecule has 0 spiro atoms. The number of rotatable bonds is 4. The summed E-state index contributed by atoms with van der Waals surface area (Å²) in [5.41, 5.74) is 7.20. The normalized spacial score (nSPS) is 14.8. The second-order valence-electron chi connectivity index (χ2n) is 8.85. The summed E-state index contributed by atoms with van der Waals surface area (Å²) in [5.74, 6) is 2.46. The summed E-state index contributed by atoms with van der Waals surface area (Å²) in [5, 5.41) is 8.93. The SMILES string of the molecule is CC1=CC=C(C)C(C)C1.COc1ccc(-c2cc(-c3ccc(OC)cc3)n(C)n2)cc1.CS(N)(=O)=O. The largest absolute Gasteiger partial charge is 0.497 e. The fourth-order valence-electron chi connectivity index (χ4n) is 3.55. The number of aromatic nitrogens is 2. The summed E-state index contributed by atoms with van der Waals surface area (Å²) >= 11 is 0. The lowest BCUT2D eigenvalue weighted by Crippen LogP contribution is -2.07. The number of primary sulfonamides is 1. The lowest BCUT2D eigenvalue weighted by atomic mass is 9.90. The van der Waals surface area contributed by atoms with Gasteiger partial charge in [0.2, 0.25) is 10.0 Å². The molecule has 0 aliphatic heterocycles. The van der Waals surface area contributed by atoms with E-state index in [1.54, 1.807) is 14.2 Å². The van der Waals surface area contributed by atoms with Crippen LogP contribution in [-0.2, 0) is 17.1 Å². The maximum atomic E-state index is 9.41. The van der Waals surface area contributed by atoms with E-state index in [4.69, 9.17) is 9.47 Å². The molecule has 8 heteroatoms. The minimum absolute atomic E-state index is 0.773. The average molecular weight is 512 g/mol. The highest BCUT2D eigenvalue weighted by molar-refractivity contribution is 7.88. The van der Waals surface area contributed by atoms with Gasteiger partial charge in [0.1, 0.15) is 11.5 Å². The first-order valence-corrected chi connectivity index (χ1v) is 13.5. The Morgan fingerprint density at radius 1 is 0.917 bits per heavy atom. The molecule has 0 saturated carbocycles. The van der Waals surface area contributed by atoms with E-state index in [0.29, 0.717) is 0 Å². The van der Waals surface area contributed by atoms with E-state index in [2.05, 4.69) is 49.2 Å². The Morgan fingerprint density at radius 3 is 1.81 bits per heavy atom. The molecule has 2 N–H and O–H groups in total. The Kier molecular flexibility index (Phi) is 10.5. The minimum atomic E-state index is -3.17. The van der Waals surface area contributed by atoms with E-state index < -0.39 is 10.0 Å². The molecule has 0 fully saturated rings. The van der Waals surface area contributed by atoms with E-state index in [-0.39, 0.29) is 0 Å². The summed E-state index contributed by atoms with van der Waals surface area (Å²) in [6.07, 6.45) is 6.63. The van der Waals surface area contributed by atoms with Crippen LogP contribution in [0.4, 0.5) is 0 Å². The summed E-state index contributed by atoms with van der Waals surface area (Å²) in [4.78, 5) is 0. The Balaban J connectivity index is 0.000000268. The highest BCUT2D eigenvalue weighted by Gasteiger charge is 2.10. The molecule has 0 saturated heterocycles. The Labute approximate surface area is 215 Å². The number of methoxy groups -OCH3 is 2. The molecule has 0 amide bonds. The number of hydrogen-bond donors (Lipinski definition) is 1. The van der Waals surface area contributed by atoms with Crippen LogP contribution in [-0.4, -0.2) is 38.7 Å². The maximum absolute atomic E-state index is 9.41. The molecule has 3 aromatic rings. The van der Waals surface area contributed by atoms with E-state index in [0.717, 1.165) is 46.2 Å². The average Bonchev–Trinajstić information content (AvgIpc) is 3.22. The molecule has 1 unspecified atom stereocenters. The van der Waals surface area contributed by atoms with Gasteiger partial charge in [0.25, 0.3) is 0 Å². The Morgan fingerprint density at radius 2 is 1.39 bits per heavy atom. The van der Waals surface area contributed by atoms with Crippen molar-refractivity contribution in [2.45, 2.75) is 27.2 Å². The second-order valence-corrected chi connectivity index (χ2v) is 10.5. The summed E-state index contributed by atoms with van der Waals surface area (Å²) in [7, 11) is 2.12. The van der Waals surface area contributed by atoms with Gasteiger partial charge < -0.3 is 9.47 Å². The van der Waals surface area contributed by atoms with Crippen molar-refractivity contribution in [1.29, 1.82) is 0 Å². The van der Waals surface area contributed by atoms with Crippen molar-refractivity contribution in [1.82, 2.24) is 9.78 Å². The lowest BCUT2D eigenvalue weighted by molar-refractivity contribution is 0.414. The van der Waals surface area contributed by atoms with Crippen LogP contribution in [0.2, 0.25) is 0 Å². The van der Waals surface area contributed by atoms with Crippen molar-refractivity contribution < 1.29 is 17.9 Å². The summed E-state index contributed by atoms with van der Waals surface area (Å²) in [6.45, 7) is 6.68. The highest BCUT2D eigenvalue weighted by Crippen LogP contribution is 2.28. The third-order valence-corrected chi connectivity index (χ3v) is 5.69. The van der Waals surface area contributed by atoms with Crippen molar-refractivity contribution >= 4 is 10.0 Å². The first-order chi connectivity index (χ1) is 16.9. The third kappa shape index (κ3) is 9.36. The number of sulfonamides is 1. The van der Waals surface area contributed by atoms with Gasteiger partial charge >= 0.3 is 0 Å². The molecule has 7 nitrogen and oxygen atoms in total. The minimum Gasteiger partial charge on any atom is -0.497 e. The summed E-state index contributed by atoms with van der Waals surface area (Å²) in [6, 6.07) is 18.0. The van der Waals surface area contributed by atoms with Gasteiger partial charge in [-0.05, 0) is 80.8 Å². The molecule has 2 aromatic carbocycles. The van der Waals surface area contributed by atoms with Gasteiger partial charge in [0.05, 0.1) is 31.9 Å². The van der Waals surface area contributed by atoms with Gasteiger partial charge in [-0.3, -0.25) is 4.68 Å². The standard InChI is InChI=1S/C18H18N2O2.C9H14.CH5NO2S/c1-20-18(14-6-10-16(22-3)11-7-14)12-17(19-20)13-4-8-15(21-2)9-5-13;1-7-4-5-8(2)9(3)6-7;1-5(2,3)4/h4-12H,1-3H3;4-5,9H,6H2,1-3H3;1H3,(H2,2,3,4). The first kappa shape index (κ1) is 28.9. The van der Waals surface area contributed by atoms with Crippen LogP contribution in [0.5, 0.6) is 11.5 Å². The third-order valence-electron chi connectivity index (χ3n) is 5.69. The van der Waals surface area contributed by atoms with E-state index >= 15 is 0 Å². The predicted molar refractivity (Wildman–Crippen MR) is 148 cm³/mol. The fourth-order valence-corrected chi connectivity index (χ4v) is 3.55. The van der Waals surface area contributed by atoms with E-state index in [1.165, 1.54) is 17.6 Å². The van der Waals surface area contributed by atoms with Crippen molar-refractivity contribution in [3.63, 3.8) is 0 Å². The van der Waals surface area contributed by atoms with Crippen LogP contribution in [0.25, 0.3) is 22.5 Å². The fraction of sp³-hybridized carbons (Fsp3) is 0.321. The molecule has 0 bridgehead atoms. The molecule has 1 atom stereocenters. The number of ether oxygens (including phenoxy) is 2. The highest BCUT2D eigenvalue weighted by atomic mass is 32.2. The number of nitrogens with zero attached hydrogens (tertiary/aromatic N) is 2. The van der Waals surface area contributed by atoms with Gasteiger partial charge in [-0.25, -0.2) is 13.6 Å². The predicted octanol–water partition coefficient (Wildman–Crippen LogP) is 5.59. The number of aryl methyl sites for hydroxylation is 1. The lowest BCUT2D eigenvalue weighted by Gasteiger charge is -2.15. The van der Waals surface area contributed by atoms with Crippen LogP contribution < -0.4 is 14.6 Å². The Hall–Kier alpha value is -3.36. The van der Waals surface area contributed by atoms with Crippen molar-refractivity contribution in [2.24, 2.45) is 18.1 Å². The molecule has 1 aliphatic rings. The topological polar surface area (TPSA) is 96.4 Å². The Bertz CT molecular complexity index is 1280. The van der Waals surface area contributed by atoms with Gasteiger partial charge in [-0.1, -0.05) is 30.2 Å². The van der Waals surface area contributed by atoms with E-state index in [1.807, 2.05) is 60.3 Å². The van der Waals surface area contributed by atoms with Gasteiger partial charge in [0.15, 0.2) is 0 Å². The number of nitrogens with two attached hydrogens (primary N) is 1. The molecular formula is C28H37N3O4S. The molecule has 1 heterocycles.